The van der Waals surface area contributed by atoms with Crippen LogP contribution in [0.3, 0.4) is 0 Å². The summed E-state index contributed by atoms with van der Waals surface area (Å²) < 4.78 is 124. The van der Waals surface area contributed by atoms with Crippen LogP contribution in [0.25, 0.3) is 6.08 Å². The fourth-order valence-corrected chi connectivity index (χ4v) is 7.71. The van der Waals surface area contributed by atoms with Gasteiger partial charge in [-0.1, -0.05) is 37.9 Å². The molecule has 6 atom stereocenters. The van der Waals surface area contributed by atoms with Crippen molar-refractivity contribution in [3.05, 3.63) is 61.7 Å². The number of aliphatic hydroxyl groups excluding tert-OH is 2. The molecule has 6 unspecified atom stereocenters. The third kappa shape index (κ3) is 49.3. The van der Waals surface area contributed by atoms with Gasteiger partial charge >= 0.3 is 89.3 Å². The number of carbonyl (C=O) groups is 10. The maximum absolute atomic E-state index is 12.2. The average Bonchev–Trinajstić information content (AvgIpc) is 0.986. The Morgan fingerprint density at radius 1 is 0.527 bits per heavy atom. The number of nitrogens with zero attached hydrogens (tertiary/aromatic N) is 2. The number of rotatable bonds is 23. The number of cyclic esters (lactones) is 8. The van der Waals surface area contributed by atoms with E-state index in [-0.39, 0.29) is 73.7 Å². The monoisotopic (exact) mass is 1400 g/mol. The minimum absolute atomic E-state index is 0. The predicted octanol–water partition coefficient (Wildman–Crippen LogP) is -3.98. The predicted molar refractivity (Wildman–Crippen MR) is 306 cm³/mol. The number of esters is 10. The normalized spacial score (nSPS) is 19.9. The van der Waals surface area contributed by atoms with E-state index >= 15 is 0 Å². The minimum atomic E-state index is -4.77. The molecule has 2 N–H and O–H groups in total. The molecule has 0 aliphatic carbocycles. The first-order chi connectivity index (χ1) is 42.8. The van der Waals surface area contributed by atoms with Gasteiger partial charge in [-0.3, -0.25) is 47.5 Å². The molecule has 3 rings (SSSR count). The van der Waals surface area contributed by atoms with Crippen molar-refractivity contribution in [2.45, 2.75) is 80.7 Å². The van der Waals surface area contributed by atoms with Crippen LogP contribution >= 0.6 is 15.6 Å². The zero-order chi connectivity index (χ0) is 70.1. The summed E-state index contributed by atoms with van der Waals surface area (Å²) in [6.45, 7) is 5.67. The number of aliphatic hydroxyl groups is 2. The third-order valence-electron chi connectivity index (χ3n) is 10.6. The summed E-state index contributed by atoms with van der Waals surface area (Å²) in [6, 6.07) is 5.58. The topological polar surface area (TPSA) is 478 Å². The van der Waals surface area contributed by atoms with Gasteiger partial charge in [0.05, 0.1) is 125 Å². The number of likely N-dealkylation sites (N-methyl/N-ethyl adjacent to an activating group) is 2. The number of hydrogen-bond acceptors (Lipinski definition) is 33. The largest absolute Gasteiger partial charge is 1.00 e. The first-order valence-corrected chi connectivity index (χ1v) is 31.9. The Balaban J connectivity index is 0. The molecule has 2 saturated heterocycles. The molecule has 0 bridgehead atoms. The van der Waals surface area contributed by atoms with E-state index in [0.29, 0.717) is 22.1 Å². The molecular formula is C54H81N2NaO33P2S. The molecule has 2 aliphatic heterocycles. The number of phosphoric ester groups is 2. The molecule has 0 aromatic heterocycles. The van der Waals surface area contributed by atoms with Gasteiger partial charge in [0.15, 0.2) is 24.4 Å². The number of phosphoric acid groups is 2. The van der Waals surface area contributed by atoms with Crippen molar-refractivity contribution in [2.75, 3.05) is 135 Å². The van der Waals surface area contributed by atoms with Crippen LogP contribution in [0, 0.1) is 0 Å². The Labute approximate surface area is 559 Å². The van der Waals surface area contributed by atoms with Crippen molar-refractivity contribution in [1.82, 2.24) is 0 Å². The fourth-order valence-electron chi connectivity index (χ4n) is 5.79. The number of benzene rings is 1. The molecule has 39 heteroatoms. The van der Waals surface area contributed by atoms with Crippen LogP contribution in [0.4, 0.5) is 0 Å². The van der Waals surface area contributed by atoms with E-state index in [2.05, 4.69) is 24.5 Å². The van der Waals surface area contributed by atoms with Crippen LogP contribution in [-0.2, 0) is 133 Å². The average molecular weight is 1400 g/mol. The molecule has 2 fully saturated rings. The SMILES string of the molecule is C=CC(=O)OCC1COC(=O)CCC(=O)OCC(COP(=O)([O-])OCC[N+](C)(C)C)OC(=O)CCC(=O)O1.C=CC(=O)OCCO.C=Cc1ccc(S(=O)(=O)[O-])cc1.C[N+](C)(C)CCOP(=O)([O-])OCC1COC(=O)CCC(=O)OCC(CO)OC(=O)CCC(=O)O1.[Na+]. The third-order valence-corrected chi connectivity index (χ3v) is 13.4. The van der Waals surface area contributed by atoms with E-state index < -0.39 is 201 Å². The summed E-state index contributed by atoms with van der Waals surface area (Å²) in [5.74, 6) is -8.20. The zero-order valence-electron chi connectivity index (χ0n) is 52.8. The molecule has 0 spiro atoms. The van der Waals surface area contributed by atoms with Crippen LogP contribution in [0.5, 0.6) is 0 Å². The van der Waals surface area contributed by atoms with Crippen molar-refractivity contribution < 1.29 is 194 Å². The summed E-state index contributed by atoms with van der Waals surface area (Å²) in [6.07, 6.45) is -4.90. The second-order valence-electron chi connectivity index (χ2n) is 20.7. The van der Waals surface area contributed by atoms with Crippen LogP contribution in [-0.4, -0.2) is 251 Å². The Morgan fingerprint density at radius 2 is 0.839 bits per heavy atom. The van der Waals surface area contributed by atoms with E-state index in [1.54, 1.807) is 6.08 Å². The fraction of sp³-hybridized carbons (Fsp3) is 0.593. The molecule has 522 valence electrons. The maximum Gasteiger partial charge on any atom is 1.00 e. The van der Waals surface area contributed by atoms with Gasteiger partial charge in [-0.2, -0.15) is 0 Å². The molecule has 2 aliphatic rings. The molecule has 0 radical (unpaired) electrons. The first-order valence-electron chi connectivity index (χ1n) is 27.5. The number of ether oxygens (including phenoxy) is 10. The Hall–Kier alpha value is -5.89. The van der Waals surface area contributed by atoms with E-state index in [1.807, 2.05) is 42.3 Å². The van der Waals surface area contributed by atoms with Gasteiger partial charge in [0.2, 0.25) is 0 Å². The molecule has 1 aromatic rings. The number of quaternary nitrogens is 2. The van der Waals surface area contributed by atoms with E-state index in [9.17, 15) is 84.9 Å². The smallest absolute Gasteiger partial charge is 0.756 e. The van der Waals surface area contributed by atoms with Gasteiger partial charge in [-0.25, -0.2) is 18.0 Å². The zero-order valence-corrected chi connectivity index (χ0v) is 57.4. The van der Waals surface area contributed by atoms with Gasteiger partial charge in [0.1, 0.15) is 76.1 Å². The van der Waals surface area contributed by atoms with E-state index in [0.717, 1.165) is 17.7 Å². The van der Waals surface area contributed by atoms with Gasteiger partial charge < -0.3 is 99.0 Å². The summed E-state index contributed by atoms with van der Waals surface area (Å²) >= 11 is 0. The van der Waals surface area contributed by atoms with Gasteiger partial charge in [0, 0.05) is 12.2 Å². The van der Waals surface area contributed by atoms with Crippen LogP contribution in [0.2, 0.25) is 0 Å². The Kier molecular flexibility index (Phi) is 45.1. The molecule has 1 aromatic carbocycles. The van der Waals surface area contributed by atoms with Gasteiger partial charge in [-0.05, 0) is 17.7 Å². The van der Waals surface area contributed by atoms with E-state index in [1.165, 1.54) is 24.3 Å². The van der Waals surface area contributed by atoms with Crippen molar-refractivity contribution in [1.29, 1.82) is 0 Å². The summed E-state index contributed by atoms with van der Waals surface area (Å²) in [7, 11) is -2.81. The van der Waals surface area contributed by atoms with Crippen molar-refractivity contribution >= 4 is 91.5 Å². The summed E-state index contributed by atoms with van der Waals surface area (Å²) in [4.78, 5) is 141. The minimum Gasteiger partial charge on any atom is -0.756 e. The molecule has 0 saturated carbocycles. The maximum atomic E-state index is 12.2. The number of hydrogen-bond donors (Lipinski definition) is 2. The van der Waals surface area contributed by atoms with Crippen molar-refractivity contribution in [3.63, 3.8) is 0 Å². The van der Waals surface area contributed by atoms with Crippen molar-refractivity contribution in [3.8, 4) is 0 Å². The van der Waals surface area contributed by atoms with E-state index in [4.69, 9.17) is 65.8 Å². The van der Waals surface area contributed by atoms with Gasteiger partial charge in [0.25, 0.3) is 15.6 Å². The molecule has 93 heavy (non-hydrogen) atoms. The molecular weight excluding hydrogens is 1320 g/mol. The molecule has 2 heterocycles. The Morgan fingerprint density at radius 3 is 1.14 bits per heavy atom. The standard InChI is InChI=1S/C22H34NO14P.C19H32NO13P.C8H8O3S.C5H8O3.Na/c1-5-18(24)31-12-16-13-32-19(25)6-7-20(26)33-14-17(37-22(28)9-8-21(27)36-16)15-35-38(29,30)34-11-10-23(2,3)4;1-20(2,3)8-9-30-34(26,27)31-13-15-12-29-17(23)5-4-16(22)28-11-14(10-21)32-18(24)6-7-19(25)33-15;1-2-7-3-5-8(6-4-7)12(9,10)11;1-2-5(7)8-4-3-6;/h5,16-17H,1,6-15H2,2-4H3;14-15,21H,4-13H2,1-3H3;2-6H,1H2,(H,9,10,11);2,6H,1,3-4H2;/q;;;;+1/p-1. The summed E-state index contributed by atoms with van der Waals surface area (Å²) in [5, 5.41) is 17.3. The second kappa shape index (κ2) is 47.1. The van der Waals surface area contributed by atoms with Gasteiger partial charge in [-0.15, -0.1) is 0 Å². The van der Waals surface area contributed by atoms with Crippen LogP contribution in [0.1, 0.15) is 56.9 Å². The second-order valence-corrected chi connectivity index (χ2v) is 24.9. The molecule has 0 amide bonds. The van der Waals surface area contributed by atoms with Crippen molar-refractivity contribution in [2.24, 2.45) is 0 Å². The first kappa shape index (κ1) is 89.2. The van der Waals surface area contributed by atoms with Crippen LogP contribution in [0.15, 0.2) is 61.0 Å². The number of carbonyl (C=O) groups excluding carboxylic acids is 10. The molecule has 35 nitrogen and oxygen atoms in total. The summed E-state index contributed by atoms with van der Waals surface area (Å²) in [5.41, 5.74) is 0.780. The van der Waals surface area contributed by atoms with Crippen LogP contribution < -0.4 is 39.3 Å². The Bertz CT molecular complexity index is 2790. The quantitative estimate of drug-likeness (QED) is 0.0201.